The standard InChI is InChI=1S/C12H17NO.C11H15NO2.C10H15N/c1-9-5-7-11(8-6-9)12(3,4)13-10(2)14;1-8(13)12-11(2,3)9-4-6-10(14)7-5-9;1-8-4-6-9(7-5-8)10(2,3)11/h5-8H,1-4H3,(H,13,14);4-7,14H,1-3H3,(H,12,13);4-7H,11H2,1-3H3. The molecular weight excluding hydrogens is 486 g/mol. The van der Waals surface area contributed by atoms with Crippen molar-refractivity contribution < 1.29 is 14.7 Å². The summed E-state index contributed by atoms with van der Waals surface area (Å²) in [4.78, 5) is 21.9. The Hall–Kier alpha value is -3.64. The van der Waals surface area contributed by atoms with E-state index in [0.29, 0.717) is 0 Å². The van der Waals surface area contributed by atoms with Crippen LogP contribution in [0.5, 0.6) is 5.75 Å². The maximum atomic E-state index is 11.0. The third-order valence-corrected chi connectivity index (χ3v) is 6.13. The first kappa shape index (κ1) is 33.4. The van der Waals surface area contributed by atoms with E-state index in [4.69, 9.17) is 10.8 Å². The van der Waals surface area contributed by atoms with Crippen molar-refractivity contribution in [3.05, 3.63) is 101 Å². The zero-order chi connectivity index (χ0) is 30.0. The number of amides is 2. The van der Waals surface area contributed by atoms with E-state index in [1.54, 1.807) is 24.3 Å². The summed E-state index contributed by atoms with van der Waals surface area (Å²) >= 11 is 0. The van der Waals surface area contributed by atoms with Crippen LogP contribution in [-0.2, 0) is 26.2 Å². The third-order valence-electron chi connectivity index (χ3n) is 6.13. The average Bonchev–Trinajstić information content (AvgIpc) is 2.78. The van der Waals surface area contributed by atoms with E-state index in [9.17, 15) is 9.59 Å². The van der Waals surface area contributed by atoms with E-state index < -0.39 is 5.54 Å². The van der Waals surface area contributed by atoms with Crippen molar-refractivity contribution in [3.63, 3.8) is 0 Å². The number of carbonyl (C=O) groups is 2. The lowest BCUT2D eigenvalue weighted by Gasteiger charge is -2.26. The lowest BCUT2D eigenvalue weighted by molar-refractivity contribution is -0.121. The summed E-state index contributed by atoms with van der Waals surface area (Å²) in [5, 5.41) is 14.9. The first-order chi connectivity index (χ1) is 17.8. The zero-order valence-electron chi connectivity index (χ0n) is 25.3. The predicted molar refractivity (Wildman–Crippen MR) is 161 cm³/mol. The maximum Gasteiger partial charge on any atom is 0.217 e. The number of aromatic hydroxyl groups is 1. The van der Waals surface area contributed by atoms with Gasteiger partial charge in [-0.1, -0.05) is 71.8 Å². The van der Waals surface area contributed by atoms with Crippen LogP contribution in [0.2, 0.25) is 0 Å². The Morgan fingerprint density at radius 2 is 0.872 bits per heavy atom. The van der Waals surface area contributed by atoms with Gasteiger partial charge in [-0.05, 0) is 84.2 Å². The van der Waals surface area contributed by atoms with Gasteiger partial charge in [0.15, 0.2) is 0 Å². The highest BCUT2D eigenvalue weighted by atomic mass is 16.3. The van der Waals surface area contributed by atoms with E-state index in [1.807, 2.05) is 53.7 Å². The highest BCUT2D eigenvalue weighted by molar-refractivity contribution is 5.74. The van der Waals surface area contributed by atoms with E-state index >= 15 is 0 Å². The molecule has 6 nitrogen and oxygen atoms in total. The maximum absolute atomic E-state index is 11.0. The van der Waals surface area contributed by atoms with Gasteiger partial charge in [0.25, 0.3) is 0 Å². The number of phenols is 1. The number of hydrogen-bond donors (Lipinski definition) is 4. The molecular formula is C33H47N3O3. The molecule has 0 atom stereocenters. The summed E-state index contributed by atoms with van der Waals surface area (Å²) in [6.45, 7) is 19.0. The minimum Gasteiger partial charge on any atom is -0.508 e. The van der Waals surface area contributed by atoms with Crippen LogP contribution in [0, 0.1) is 13.8 Å². The van der Waals surface area contributed by atoms with Gasteiger partial charge in [0.2, 0.25) is 11.8 Å². The Morgan fingerprint density at radius 1 is 0.590 bits per heavy atom. The van der Waals surface area contributed by atoms with Crippen LogP contribution in [-0.4, -0.2) is 16.9 Å². The van der Waals surface area contributed by atoms with Crippen LogP contribution in [0.25, 0.3) is 0 Å². The second kappa shape index (κ2) is 13.9. The molecule has 6 heteroatoms. The van der Waals surface area contributed by atoms with Gasteiger partial charge in [-0.3, -0.25) is 9.59 Å². The van der Waals surface area contributed by atoms with Crippen molar-refractivity contribution in [2.24, 2.45) is 5.73 Å². The molecule has 0 aliphatic rings. The Kier molecular flexibility index (Phi) is 11.9. The van der Waals surface area contributed by atoms with Gasteiger partial charge in [0, 0.05) is 19.4 Å². The second-order valence-electron chi connectivity index (χ2n) is 11.6. The molecule has 212 valence electrons. The molecule has 0 radical (unpaired) electrons. The summed E-state index contributed by atoms with van der Waals surface area (Å²) in [6, 6.07) is 23.3. The smallest absolute Gasteiger partial charge is 0.217 e. The van der Waals surface area contributed by atoms with E-state index in [2.05, 4.69) is 60.9 Å². The van der Waals surface area contributed by atoms with E-state index in [-0.39, 0.29) is 28.6 Å². The highest BCUT2D eigenvalue weighted by Crippen LogP contribution is 2.22. The third kappa shape index (κ3) is 12.2. The number of nitrogens with two attached hydrogens (primary N) is 1. The van der Waals surface area contributed by atoms with E-state index in [0.717, 1.165) is 11.1 Å². The minimum absolute atomic E-state index is 0.00410. The van der Waals surface area contributed by atoms with Crippen molar-refractivity contribution in [1.29, 1.82) is 0 Å². The number of nitrogens with one attached hydrogen (secondary N) is 2. The summed E-state index contributed by atoms with van der Waals surface area (Å²) in [5.41, 5.74) is 10.8. The van der Waals surface area contributed by atoms with Crippen LogP contribution < -0.4 is 16.4 Å². The molecule has 0 aliphatic carbocycles. The quantitative estimate of drug-likeness (QED) is 0.308. The average molecular weight is 534 g/mol. The fourth-order valence-electron chi connectivity index (χ4n) is 3.86. The van der Waals surface area contributed by atoms with Crippen LogP contribution in [0.3, 0.4) is 0 Å². The van der Waals surface area contributed by atoms with Crippen LogP contribution in [0.4, 0.5) is 0 Å². The monoisotopic (exact) mass is 533 g/mol. The van der Waals surface area contributed by atoms with Crippen LogP contribution in [0.1, 0.15) is 83.2 Å². The molecule has 0 fully saturated rings. The molecule has 0 heterocycles. The number of phenolic OH excluding ortho intramolecular Hbond substituents is 1. The second-order valence-corrected chi connectivity index (χ2v) is 11.6. The lowest BCUT2D eigenvalue weighted by atomic mass is 9.93. The molecule has 0 saturated heterocycles. The summed E-state index contributed by atoms with van der Waals surface area (Å²) < 4.78 is 0. The van der Waals surface area contributed by atoms with Gasteiger partial charge >= 0.3 is 0 Å². The molecule has 0 saturated carbocycles. The first-order valence-electron chi connectivity index (χ1n) is 13.1. The Labute approximate surface area is 235 Å². The topological polar surface area (TPSA) is 104 Å². The lowest BCUT2D eigenvalue weighted by Crippen LogP contribution is -2.39. The highest BCUT2D eigenvalue weighted by Gasteiger charge is 2.21. The minimum atomic E-state index is -0.403. The molecule has 0 bridgehead atoms. The van der Waals surface area contributed by atoms with Gasteiger partial charge < -0.3 is 21.5 Å². The van der Waals surface area contributed by atoms with Crippen molar-refractivity contribution >= 4 is 11.8 Å². The van der Waals surface area contributed by atoms with Gasteiger partial charge in [0.1, 0.15) is 5.75 Å². The largest absolute Gasteiger partial charge is 0.508 e. The Balaban J connectivity index is 0.000000295. The van der Waals surface area contributed by atoms with Gasteiger partial charge in [-0.15, -0.1) is 0 Å². The molecule has 3 aromatic rings. The predicted octanol–water partition coefficient (Wildman–Crippen LogP) is 6.32. The summed E-state index contributed by atoms with van der Waals surface area (Å²) in [5.74, 6) is 0.158. The molecule has 0 unspecified atom stereocenters. The fraction of sp³-hybridized carbons (Fsp3) is 0.394. The number of aryl methyl sites for hydroxylation is 2. The summed E-state index contributed by atoms with van der Waals surface area (Å²) in [7, 11) is 0. The van der Waals surface area contributed by atoms with Crippen molar-refractivity contribution in [1.82, 2.24) is 10.6 Å². The number of hydrogen-bond acceptors (Lipinski definition) is 4. The molecule has 0 aliphatic heterocycles. The Bertz CT molecular complexity index is 1120. The Morgan fingerprint density at radius 3 is 1.15 bits per heavy atom. The van der Waals surface area contributed by atoms with Crippen LogP contribution >= 0.6 is 0 Å². The van der Waals surface area contributed by atoms with Gasteiger partial charge in [0.05, 0.1) is 11.1 Å². The molecule has 2 amide bonds. The van der Waals surface area contributed by atoms with Gasteiger partial charge in [-0.2, -0.15) is 0 Å². The molecule has 3 aromatic carbocycles. The summed E-state index contributed by atoms with van der Waals surface area (Å²) in [6.07, 6.45) is 0. The van der Waals surface area contributed by atoms with Crippen molar-refractivity contribution in [2.45, 2.75) is 85.9 Å². The number of benzene rings is 3. The molecule has 39 heavy (non-hydrogen) atoms. The van der Waals surface area contributed by atoms with E-state index in [1.165, 1.54) is 30.5 Å². The van der Waals surface area contributed by atoms with Crippen molar-refractivity contribution in [3.8, 4) is 5.75 Å². The first-order valence-corrected chi connectivity index (χ1v) is 13.1. The van der Waals surface area contributed by atoms with Crippen LogP contribution in [0.15, 0.2) is 72.8 Å². The number of rotatable bonds is 5. The molecule has 5 N–H and O–H groups in total. The zero-order valence-corrected chi connectivity index (χ0v) is 25.3. The van der Waals surface area contributed by atoms with Crippen molar-refractivity contribution in [2.75, 3.05) is 0 Å². The fourth-order valence-corrected chi connectivity index (χ4v) is 3.86. The molecule has 0 aromatic heterocycles. The number of carbonyl (C=O) groups excluding carboxylic acids is 2. The molecule has 3 rings (SSSR count). The van der Waals surface area contributed by atoms with Gasteiger partial charge in [-0.25, -0.2) is 0 Å². The molecule has 0 spiro atoms. The SMILES string of the molecule is CC(=O)NC(C)(C)c1ccc(C)cc1.CC(=O)NC(C)(C)c1ccc(O)cc1.Cc1ccc(C(C)(C)N)cc1. The normalized spacial score (nSPS) is 11.3.